The van der Waals surface area contributed by atoms with Crippen LogP contribution in [0.2, 0.25) is 0 Å². The number of benzene rings is 1. The number of aliphatic hydroxyl groups excluding tert-OH is 1. The minimum absolute atomic E-state index is 0.0429. The van der Waals surface area contributed by atoms with Gasteiger partial charge in [-0.15, -0.1) is 0 Å². The van der Waals surface area contributed by atoms with E-state index in [1.807, 2.05) is 0 Å². The fourth-order valence-electron chi connectivity index (χ4n) is 0.689. The van der Waals surface area contributed by atoms with Gasteiger partial charge >= 0.3 is 7.60 Å². The second kappa shape index (κ2) is 3.87. The van der Waals surface area contributed by atoms with Crippen molar-refractivity contribution in [2.24, 2.45) is 0 Å². The predicted molar refractivity (Wildman–Crippen MR) is 43.9 cm³/mol. The van der Waals surface area contributed by atoms with Crippen LogP contribution in [0.15, 0.2) is 24.3 Å². The highest BCUT2D eigenvalue weighted by Crippen LogP contribution is 2.40. The molecule has 4 nitrogen and oxygen atoms in total. The largest absolute Gasteiger partial charge is 0.423 e. The summed E-state index contributed by atoms with van der Waals surface area (Å²) in [5.41, 5.74) is 0. The summed E-state index contributed by atoms with van der Waals surface area (Å²) in [7, 11) is -3.98. The number of hydrogen-bond donors (Lipinski definition) is 2. The van der Waals surface area contributed by atoms with Crippen LogP contribution in [0.1, 0.15) is 0 Å². The smallest absolute Gasteiger partial charge is 0.401 e. The fraction of sp³-hybridized carbons (Fsp3) is 0.143. The lowest BCUT2D eigenvalue weighted by Gasteiger charge is -2.09. The summed E-state index contributed by atoms with van der Waals surface area (Å²) in [5.74, 6) is -0.426. The van der Waals surface area contributed by atoms with Gasteiger partial charge in [-0.1, -0.05) is 0 Å². The molecule has 1 rings (SSSR count). The van der Waals surface area contributed by atoms with Crippen LogP contribution in [-0.2, 0) is 4.57 Å². The molecule has 0 spiro atoms. The molecule has 0 radical (unpaired) electrons. The van der Waals surface area contributed by atoms with Gasteiger partial charge in [-0.3, -0.25) is 0 Å². The van der Waals surface area contributed by atoms with Crippen molar-refractivity contribution >= 4 is 7.60 Å². The van der Waals surface area contributed by atoms with E-state index in [-0.39, 0.29) is 5.75 Å². The molecular weight excluding hydrogens is 198 g/mol. The van der Waals surface area contributed by atoms with E-state index in [9.17, 15) is 8.96 Å². The van der Waals surface area contributed by atoms with E-state index in [4.69, 9.17) is 10.00 Å². The maximum absolute atomic E-state index is 12.4. The molecule has 0 aliphatic carbocycles. The first-order valence-electron chi connectivity index (χ1n) is 3.41. The molecule has 0 aromatic heterocycles. The maximum Gasteiger partial charge on any atom is 0.401 e. The molecule has 0 saturated heterocycles. The Labute approximate surface area is 74.1 Å². The van der Waals surface area contributed by atoms with E-state index < -0.39 is 19.8 Å². The molecule has 1 aromatic carbocycles. The van der Waals surface area contributed by atoms with Crippen molar-refractivity contribution in [1.29, 1.82) is 0 Å². The Morgan fingerprint density at radius 3 is 2.38 bits per heavy atom. The minimum Gasteiger partial charge on any atom is -0.423 e. The van der Waals surface area contributed by atoms with Gasteiger partial charge in [0.2, 0.25) is 0 Å². The molecule has 0 bridgehead atoms. The summed E-state index contributed by atoms with van der Waals surface area (Å²) in [6.45, 7) is 0. The second-order valence-electron chi connectivity index (χ2n) is 2.32. The first kappa shape index (κ1) is 10.2. The summed E-state index contributed by atoms with van der Waals surface area (Å²) in [4.78, 5) is 8.84. The molecule has 2 N–H and O–H groups in total. The van der Waals surface area contributed by atoms with Crippen LogP contribution < -0.4 is 4.52 Å². The van der Waals surface area contributed by atoms with Gasteiger partial charge in [0.25, 0.3) is 0 Å². The van der Waals surface area contributed by atoms with Crippen molar-refractivity contribution < 1.29 is 23.5 Å². The van der Waals surface area contributed by atoms with E-state index in [2.05, 4.69) is 4.52 Å². The minimum atomic E-state index is -3.98. The Hall–Kier alpha value is -0.900. The van der Waals surface area contributed by atoms with Crippen molar-refractivity contribution in [3.8, 4) is 5.75 Å². The topological polar surface area (TPSA) is 66.8 Å². The third-order valence-corrected chi connectivity index (χ3v) is 2.09. The lowest BCUT2D eigenvalue weighted by atomic mass is 10.3. The molecule has 0 aliphatic rings. The second-order valence-corrected chi connectivity index (χ2v) is 4.06. The summed E-state index contributed by atoms with van der Waals surface area (Å²) in [6.07, 6.45) is -0.968. The van der Waals surface area contributed by atoms with Crippen LogP contribution in [0.25, 0.3) is 0 Å². The monoisotopic (exact) mass is 206 g/mol. The Morgan fingerprint density at radius 1 is 1.38 bits per heavy atom. The fourth-order valence-corrected chi connectivity index (χ4v) is 1.20. The standard InChI is InChI=1S/C7H8FO4P/c8-6-1-3-7(4-2-6)12-13(10,11)5-9/h1-4,9H,5H2,(H,10,11). The Bertz CT molecular complexity index is 324. The van der Waals surface area contributed by atoms with Crippen LogP contribution in [0.5, 0.6) is 5.75 Å². The van der Waals surface area contributed by atoms with Crippen LogP contribution in [0, 0.1) is 5.82 Å². The number of aliphatic hydroxyl groups is 1. The van der Waals surface area contributed by atoms with Crippen LogP contribution in [-0.4, -0.2) is 16.3 Å². The van der Waals surface area contributed by atoms with E-state index in [1.54, 1.807) is 0 Å². The summed E-state index contributed by atoms with van der Waals surface area (Å²) < 4.78 is 27.7. The lowest BCUT2D eigenvalue weighted by Crippen LogP contribution is -1.95. The molecule has 13 heavy (non-hydrogen) atoms. The first-order chi connectivity index (χ1) is 6.03. The van der Waals surface area contributed by atoms with Crippen molar-refractivity contribution in [3.63, 3.8) is 0 Å². The lowest BCUT2D eigenvalue weighted by molar-refractivity contribution is 0.292. The molecule has 1 atom stereocenters. The first-order valence-corrected chi connectivity index (χ1v) is 5.17. The number of hydrogen-bond acceptors (Lipinski definition) is 3. The van der Waals surface area contributed by atoms with Gasteiger partial charge in [-0.05, 0) is 24.3 Å². The highest BCUT2D eigenvalue weighted by molar-refractivity contribution is 7.52. The predicted octanol–water partition coefficient (Wildman–Crippen LogP) is 1.34. The molecule has 0 amide bonds. The Balaban J connectivity index is 2.75. The van der Waals surface area contributed by atoms with Gasteiger partial charge in [0.05, 0.1) is 0 Å². The average molecular weight is 206 g/mol. The number of rotatable bonds is 3. The van der Waals surface area contributed by atoms with Crippen LogP contribution in [0.4, 0.5) is 4.39 Å². The van der Waals surface area contributed by atoms with Crippen molar-refractivity contribution in [1.82, 2.24) is 0 Å². The molecule has 1 aromatic rings. The van der Waals surface area contributed by atoms with E-state index in [0.717, 1.165) is 12.1 Å². The molecule has 6 heteroatoms. The molecule has 0 fully saturated rings. The van der Waals surface area contributed by atoms with Crippen molar-refractivity contribution in [2.45, 2.75) is 0 Å². The third-order valence-electron chi connectivity index (χ3n) is 1.24. The zero-order chi connectivity index (χ0) is 9.90. The van der Waals surface area contributed by atoms with Gasteiger partial charge < -0.3 is 14.5 Å². The quantitative estimate of drug-likeness (QED) is 0.732. The zero-order valence-electron chi connectivity index (χ0n) is 6.55. The average Bonchev–Trinajstić information content (AvgIpc) is 2.09. The zero-order valence-corrected chi connectivity index (χ0v) is 7.45. The van der Waals surface area contributed by atoms with Gasteiger partial charge in [0.1, 0.15) is 11.6 Å². The molecule has 0 heterocycles. The van der Waals surface area contributed by atoms with Crippen molar-refractivity contribution in [3.05, 3.63) is 30.1 Å². The molecular formula is C7H8FO4P. The van der Waals surface area contributed by atoms with Crippen LogP contribution >= 0.6 is 7.60 Å². The van der Waals surface area contributed by atoms with E-state index in [0.29, 0.717) is 0 Å². The molecule has 0 aliphatic heterocycles. The SMILES string of the molecule is O=P(O)(CO)Oc1ccc(F)cc1. The Morgan fingerprint density at radius 2 is 1.92 bits per heavy atom. The van der Waals surface area contributed by atoms with E-state index in [1.165, 1.54) is 12.1 Å². The van der Waals surface area contributed by atoms with Gasteiger partial charge in [0, 0.05) is 0 Å². The van der Waals surface area contributed by atoms with E-state index >= 15 is 0 Å². The summed E-state index contributed by atoms with van der Waals surface area (Å²) >= 11 is 0. The molecule has 0 saturated carbocycles. The molecule has 1 unspecified atom stereocenters. The van der Waals surface area contributed by atoms with Gasteiger partial charge in [-0.25, -0.2) is 8.96 Å². The highest BCUT2D eigenvalue weighted by atomic mass is 31.2. The van der Waals surface area contributed by atoms with Crippen LogP contribution in [0.3, 0.4) is 0 Å². The normalized spacial score (nSPS) is 15.0. The maximum atomic E-state index is 12.4. The number of halogens is 1. The van der Waals surface area contributed by atoms with Gasteiger partial charge in [0.15, 0.2) is 6.35 Å². The van der Waals surface area contributed by atoms with Crippen molar-refractivity contribution in [2.75, 3.05) is 6.35 Å². The third kappa shape index (κ3) is 3.14. The van der Waals surface area contributed by atoms with Gasteiger partial charge in [-0.2, -0.15) is 0 Å². The molecule has 72 valence electrons. The summed E-state index contributed by atoms with van der Waals surface area (Å²) in [5, 5.41) is 8.40. The highest BCUT2D eigenvalue weighted by Gasteiger charge is 2.18. The summed E-state index contributed by atoms with van der Waals surface area (Å²) in [6, 6.07) is 4.58. The Kier molecular flexibility index (Phi) is 3.03.